The Morgan fingerprint density at radius 1 is 1.35 bits per heavy atom. The third kappa shape index (κ3) is 3.66. The molecule has 2 nitrogen and oxygen atoms in total. The van der Waals surface area contributed by atoms with Crippen LogP contribution in [-0.4, -0.2) is 11.1 Å². The zero-order valence-corrected chi connectivity index (χ0v) is 14.0. The monoisotopic (exact) mass is 295 g/mol. The minimum Gasteiger partial charge on any atom is -0.474 e. The zero-order valence-electron chi connectivity index (χ0n) is 13.3. The Bertz CT molecular complexity index is 484. The second-order valence-electron chi connectivity index (χ2n) is 7.15. The molecule has 0 aromatic carbocycles. The first-order valence-corrected chi connectivity index (χ1v) is 8.04. The van der Waals surface area contributed by atoms with Crippen molar-refractivity contribution in [1.82, 2.24) is 4.98 Å². The summed E-state index contributed by atoms with van der Waals surface area (Å²) in [4.78, 5) is 4.57. The van der Waals surface area contributed by atoms with E-state index in [-0.39, 0.29) is 6.10 Å². The number of aryl methyl sites for hydroxylation is 2. The van der Waals surface area contributed by atoms with Gasteiger partial charge in [0.2, 0.25) is 5.88 Å². The first kappa shape index (κ1) is 15.6. The highest BCUT2D eigenvalue weighted by Crippen LogP contribution is 2.40. The molecule has 0 spiro atoms. The van der Waals surface area contributed by atoms with Gasteiger partial charge in [0.25, 0.3) is 0 Å². The minimum atomic E-state index is 0.254. The molecule has 1 aliphatic rings. The van der Waals surface area contributed by atoms with Crippen molar-refractivity contribution in [3.63, 3.8) is 0 Å². The molecule has 1 fully saturated rings. The summed E-state index contributed by atoms with van der Waals surface area (Å²) in [6, 6.07) is 2.07. The van der Waals surface area contributed by atoms with E-state index in [0.29, 0.717) is 17.2 Å². The fourth-order valence-electron chi connectivity index (χ4n) is 3.60. The van der Waals surface area contributed by atoms with E-state index in [1.54, 1.807) is 0 Å². The maximum atomic E-state index is 6.25. The second-order valence-corrected chi connectivity index (χ2v) is 7.42. The van der Waals surface area contributed by atoms with Gasteiger partial charge >= 0.3 is 0 Å². The number of aromatic nitrogens is 1. The number of hydrogen-bond donors (Lipinski definition) is 0. The molecular weight excluding hydrogens is 270 g/mol. The van der Waals surface area contributed by atoms with Crippen LogP contribution in [0.2, 0.25) is 0 Å². The molecule has 0 radical (unpaired) electrons. The number of alkyl halides is 1. The van der Waals surface area contributed by atoms with E-state index >= 15 is 0 Å². The van der Waals surface area contributed by atoms with Crippen LogP contribution in [0, 0.1) is 25.2 Å². The lowest BCUT2D eigenvalue weighted by Gasteiger charge is -2.38. The molecule has 1 saturated carbocycles. The normalized spacial score (nSPS) is 25.5. The lowest BCUT2D eigenvalue weighted by Crippen LogP contribution is -2.34. The SMILES string of the molecule is Cc1cc(C)c(CCl)c(OC2CC(C)CC(C)(C)C2)n1. The molecule has 0 aliphatic heterocycles. The summed E-state index contributed by atoms with van der Waals surface area (Å²) in [7, 11) is 0. The smallest absolute Gasteiger partial charge is 0.218 e. The molecule has 1 heterocycles. The third-order valence-electron chi connectivity index (χ3n) is 4.20. The van der Waals surface area contributed by atoms with Crippen molar-refractivity contribution in [2.75, 3.05) is 0 Å². The summed E-state index contributed by atoms with van der Waals surface area (Å²) in [5.74, 6) is 1.90. The summed E-state index contributed by atoms with van der Waals surface area (Å²) >= 11 is 6.07. The van der Waals surface area contributed by atoms with Crippen LogP contribution in [0.1, 0.15) is 56.9 Å². The molecule has 2 rings (SSSR count). The van der Waals surface area contributed by atoms with Gasteiger partial charge in [0.05, 0.1) is 5.88 Å². The van der Waals surface area contributed by atoms with Gasteiger partial charge in [-0.3, -0.25) is 0 Å². The molecular formula is C17H26ClNO. The molecule has 0 N–H and O–H groups in total. The predicted molar refractivity (Wildman–Crippen MR) is 84.5 cm³/mol. The molecule has 112 valence electrons. The third-order valence-corrected chi connectivity index (χ3v) is 4.46. The van der Waals surface area contributed by atoms with Crippen LogP contribution in [-0.2, 0) is 5.88 Å². The van der Waals surface area contributed by atoms with Gasteiger partial charge in [-0.2, -0.15) is 0 Å². The molecule has 1 aromatic heterocycles. The molecule has 1 aliphatic carbocycles. The van der Waals surface area contributed by atoms with Crippen LogP contribution >= 0.6 is 11.6 Å². The average Bonchev–Trinajstić information content (AvgIpc) is 2.25. The van der Waals surface area contributed by atoms with E-state index in [2.05, 4.69) is 38.7 Å². The van der Waals surface area contributed by atoms with Crippen LogP contribution in [0.25, 0.3) is 0 Å². The van der Waals surface area contributed by atoms with E-state index < -0.39 is 0 Å². The molecule has 2 unspecified atom stereocenters. The van der Waals surface area contributed by atoms with E-state index in [1.807, 2.05) is 6.92 Å². The summed E-state index contributed by atoms with van der Waals surface area (Å²) in [6.07, 6.45) is 3.73. The molecule has 0 bridgehead atoms. The van der Waals surface area contributed by atoms with E-state index in [9.17, 15) is 0 Å². The van der Waals surface area contributed by atoms with Gasteiger partial charge in [0.15, 0.2) is 0 Å². The van der Waals surface area contributed by atoms with E-state index in [4.69, 9.17) is 16.3 Å². The van der Waals surface area contributed by atoms with Crippen LogP contribution in [0.4, 0.5) is 0 Å². The van der Waals surface area contributed by atoms with Crippen LogP contribution in [0.5, 0.6) is 5.88 Å². The largest absolute Gasteiger partial charge is 0.474 e. The van der Waals surface area contributed by atoms with Gasteiger partial charge in [0, 0.05) is 11.3 Å². The number of hydrogen-bond acceptors (Lipinski definition) is 2. The lowest BCUT2D eigenvalue weighted by atomic mass is 9.71. The number of pyridine rings is 1. The lowest BCUT2D eigenvalue weighted by molar-refractivity contribution is 0.0526. The van der Waals surface area contributed by atoms with Crippen LogP contribution < -0.4 is 4.74 Å². The molecule has 3 heteroatoms. The summed E-state index contributed by atoms with van der Waals surface area (Å²) in [6.45, 7) is 11.1. The number of halogens is 1. The molecule has 2 atom stereocenters. The van der Waals surface area contributed by atoms with Gasteiger partial charge < -0.3 is 4.74 Å². The maximum Gasteiger partial charge on any atom is 0.218 e. The Kier molecular flexibility index (Phi) is 4.63. The summed E-state index contributed by atoms with van der Waals surface area (Å²) in [5.41, 5.74) is 3.55. The highest BCUT2D eigenvalue weighted by atomic mass is 35.5. The fourth-order valence-corrected chi connectivity index (χ4v) is 3.92. The Morgan fingerprint density at radius 2 is 2.05 bits per heavy atom. The van der Waals surface area contributed by atoms with Crippen molar-refractivity contribution in [1.29, 1.82) is 0 Å². The highest BCUT2D eigenvalue weighted by molar-refractivity contribution is 6.17. The first-order chi connectivity index (χ1) is 9.30. The quantitative estimate of drug-likeness (QED) is 0.730. The van der Waals surface area contributed by atoms with Crippen molar-refractivity contribution in [2.24, 2.45) is 11.3 Å². The Labute approximate surface area is 127 Å². The topological polar surface area (TPSA) is 22.1 Å². The van der Waals surface area contributed by atoms with Crippen molar-refractivity contribution in [3.05, 3.63) is 22.9 Å². The predicted octanol–water partition coefficient (Wildman–Crippen LogP) is 5.03. The number of nitrogens with zero attached hydrogens (tertiary/aromatic N) is 1. The summed E-state index contributed by atoms with van der Waals surface area (Å²) < 4.78 is 6.25. The van der Waals surface area contributed by atoms with E-state index in [1.165, 1.54) is 12.0 Å². The molecule has 20 heavy (non-hydrogen) atoms. The Balaban J connectivity index is 2.21. The van der Waals surface area contributed by atoms with Crippen molar-refractivity contribution in [3.8, 4) is 5.88 Å². The number of ether oxygens (including phenoxy) is 1. The summed E-state index contributed by atoms with van der Waals surface area (Å²) in [5, 5.41) is 0. The van der Waals surface area contributed by atoms with Gasteiger partial charge in [-0.1, -0.05) is 20.8 Å². The Morgan fingerprint density at radius 3 is 2.65 bits per heavy atom. The Hall–Kier alpha value is -0.760. The standard InChI is InChI=1S/C17H26ClNO/c1-11-6-14(9-17(4,5)8-11)20-16-15(10-18)12(2)7-13(3)19-16/h7,11,14H,6,8-10H2,1-5H3. The van der Waals surface area contributed by atoms with Crippen LogP contribution in [0.3, 0.4) is 0 Å². The average molecular weight is 296 g/mol. The second kappa shape index (κ2) is 5.93. The van der Waals surface area contributed by atoms with Gasteiger partial charge in [-0.15, -0.1) is 11.6 Å². The molecule has 0 amide bonds. The van der Waals surface area contributed by atoms with Crippen molar-refractivity contribution < 1.29 is 4.74 Å². The molecule has 0 saturated heterocycles. The van der Waals surface area contributed by atoms with Gasteiger partial charge in [0.1, 0.15) is 6.10 Å². The van der Waals surface area contributed by atoms with Gasteiger partial charge in [-0.05, 0) is 56.1 Å². The van der Waals surface area contributed by atoms with Crippen molar-refractivity contribution in [2.45, 2.75) is 65.9 Å². The maximum absolute atomic E-state index is 6.25. The fraction of sp³-hybridized carbons (Fsp3) is 0.706. The van der Waals surface area contributed by atoms with E-state index in [0.717, 1.165) is 30.0 Å². The van der Waals surface area contributed by atoms with Gasteiger partial charge in [-0.25, -0.2) is 4.98 Å². The van der Waals surface area contributed by atoms with Crippen molar-refractivity contribution >= 4 is 11.6 Å². The molecule has 1 aromatic rings. The number of rotatable bonds is 3. The highest BCUT2D eigenvalue weighted by Gasteiger charge is 2.33. The van der Waals surface area contributed by atoms with Crippen LogP contribution in [0.15, 0.2) is 6.07 Å². The minimum absolute atomic E-state index is 0.254. The zero-order chi connectivity index (χ0) is 14.9. The first-order valence-electron chi connectivity index (χ1n) is 7.50.